The molecule has 1 aromatic rings. The average Bonchev–Trinajstić information content (AvgIpc) is 2.27. The summed E-state index contributed by atoms with van der Waals surface area (Å²) in [7, 11) is 0. The molecule has 1 aliphatic rings. The lowest BCUT2D eigenvalue weighted by atomic mass is 10.1. The van der Waals surface area contributed by atoms with Gasteiger partial charge in [0.25, 0.3) is 11.6 Å². The van der Waals surface area contributed by atoms with E-state index in [9.17, 15) is 25.2 Å². The fraction of sp³-hybridized carbons (Fsp3) is 0.222. The van der Waals surface area contributed by atoms with Gasteiger partial charge >= 0.3 is 0 Å². The lowest BCUT2D eigenvalue weighted by molar-refractivity contribution is -0.331. The van der Waals surface area contributed by atoms with E-state index in [2.05, 4.69) is 0 Å². The number of fused-ring (bicyclic) bond motifs is 1. The largest absolute Gasteiger partial charge is 0.357 e. The molecule has 0 saturated heterocycles. The molecule has 0 fully saturated rings. The number of Topliss-reactive ketones (excluding diaryl/α,β-unsaturated/α-hetero) is 1. The van der Waals surface area contributed by atoms with Crippen molar-refractivity contribution in [3.05, 3.63) is 35.4 Å². The van der Waals surface area contributed by atoms with E-state index >= 15 is 0 Å². The van der Waals surface area contributed by atoms with Crippen molar-refractivity contribution in [2.24, 2.45) is 0 Å². The van der Waals surface area contributed by atoms with Gasteiger partial charge in [0, 0.05) is 11.1 Å². The van der Waals surface area contributed by atoms with Crippen LogP contribution < -0.4 is 0 Å². The van der Waals surface area contributed by atoms with Crippen LogP contribution in [0, 0.1) is 0 Å². The van der Waals surface area contributed by atoms with Crippen molar-refractivity contribution < 1.29 is 25.2 Å². The summed E-state index contributed by atoms with van der Waals surface area (Å²) in [5.74, 6) is -7.23. The molecule has 0 aromatic heterocycles. The zero-order valence-electron chi connectivity index (χ0n) is 7.01. The van der Waals surface area contributed by atoms with Crippen LogP contribution in [0.3, 0.4) is 0 Å². The van der Waals surface area contributed by atoms with Crippen LogP contribution in [0.1, 0.15) is 15.9 Å². The molecular weight excluding hydrogens is 188 g/mol. The molecule has 74 valence electrons. The summed E-state index contributed by atoms with van der Waals surface area (Å²) in [5.41, 5.74) is -0.294. The minimum Gasteiger partial charge on any atom is -0.357 e. The van der Waals surface area contributed by atoms with Crippen LogP contribution in [0.5, 0.6) is 0 Å². The van der Waals surface area contributed by atoms with E-state index in [1.807, 2.05) is 0 Å². The number of hydrogen-bond donors (Lipinski definition) is 4. The quantitative estimate of drug-likeness (QED) is 0.387. The van der Waals surface area contributed by atoms with Gasteiger partial charge in [0.05, 0.1) is 0 Å². The Labute approximate surface area is 78.9 Å². The number of hydrogen-bond acceptors (Lipinski definition) is 5. The van der Waals surface area contributed by atoms with Gasteiger partial charge in [-0.1, -0.05) is 24.3 Å². The second-order valence-corrected chi connectivity index (χ2v) is 3.22. The molecule has 0 radical (unpaired) electrons. The molecule has 4 N–H and O–H groups in total. The summed E-state index contributed by atoms with van der Waals surface area (Å²) < 4.78 is 0. The maximum atomic E-state index is 11.3. The van der Waals surface area contributed by atoms with Crippen molar-refractivity contribution in [3.63, 3.8) is 0 Å². The molecule has 2 rings (SSSR count). The minimum atomic E-state index is -3.17. The molecule has 0 bridgehead atoms. The van der Waals surface area contributed by atoms with Crippen LogP contribution in [0.4, 0.5) is 0 Å². The highest BCUT2D eigenvalue weighted by Gasteiger charge is 2.61. The fourth-order valence-corrected chi connectivity index (χ4v) is 1.52. The Balaban J connectivity index is 2.74. The molecule has 1 aliphatic carbocycles. The van der Waals surface area contributed by atoms with Gasteiger partial charge in [0.1, 0.15) is 0 Å². The Bertz CT molecular complexity index is 407. The Morgan fingerprint density at radius 2 is 1.50 bits per heavy atom. The number of benzene rings is 1. The fourth-order valence-electron chi connectivity index (χ4n) is 1.52. The smallest absolute Gasteiger partial charge is 0.289 e. The number of carbonyl (C=O) groups excluding carboxylic acids is 1. The Morgan fingerprint density at radius 1 is 0.929 bits per heavy atom. The minimum absolute atomic E-state index is 0.0949. The van der Waals surface area contributed by atoms with Crippen molar-refractivity contribution >= 4 is 5.78 Å². The normalized spacial score (nSPS) is 22.1. The lowest BCUT2D eigenvalue weighted by Gasteiger charge is -2.26. The van der Waals surface area contributed by atoms with Gasteiger partial charge < -0.3 is 20.4 Å². The van der Waals surface area contributed by atoms with Crippen molar-refractivity contribution in [1.82, 2.24) is 0 Å². The van der Waals surface area contributed by atoms with Crippen LogP contribution in [0.15, 0.2) is 24.3 Å². The standard InChI is InChI=1S/C9H8O5/c10-7-5-3-1-2-4-6(5)8(11,12)9(7,13)14/h1-4,11-14H. The summed E-state index contributed by atoms with van der Waals surface area (Å²) >= 11 is 0. The van der Waals surface area contributed by atoms with E-state index in [0.717, 1.165) is 0 Å². The molecule has 0 spiro atoms. The number of rotatable bonds is 0. The first-order valence-corrected chi connectivity index (χ1v) is 3.93. The van der Waals surface area contributed by atoms with E-state index in [4.69, 9.17) is 0 Å². The maximum absolute atomic E-state index is 11.3. The Kier molecular flexibility index (Phi) is 1.59. The van der Waals surface area contributed by atoms with Crippen molar-refractivity contribution in [1.29, 1.82) is 0 Å². The zero-order chi connectivity index (χ0) is 10.6. The molecule has 14 heavy (non-hydrogen) atoms. The van der Waals surface area contributed by atoms with Gasteiger partial charge in [-0.2, -0.15) is 0 Å². The van der Waals surface area contributed by atoms with E-state index in [0.29, 0.717) is 0 Å². The first-order valence-electron chi connectivity index (χ1n) is 3.93. The second-order valence-electron chi connectivity index (χ2n) is 3.22. The Hall–Kier alpha value is -1.27. The number of aliphatic hydroxyl groups is 4. The van der Waals surface area contributed by atoms with Crippen LogP contribution >= 0.6 is 0 Å². The van der Waals surface area contributed by atoms with Gasteiger partial charge in [-0.3, -0.25) is 4.79 Å². The molecule has 1 aromatic carbocycles. The molecule has 0 unspecified atom stereocenters. The molecule has 0 aliphatic heterocycles. The third kappa shape index (κ3) is 0.842. The summed E-state index contributed by atoms with van der Waals surface area (Å²) in [5, 5.41) is 37.2. The highest BCUT2D eigenvalue weighted by atomic mass is 16.6. The van der Waals surface area contributed by atoms with E-state index in [-0.39, 0.29) is 11.1 Å². The summed E-state index contributed by atoms with van der Waals surface area (Å²) in [4.78, 5) is 11.3. The van der Waals surface area contributed by atoms with Crippen molar-refractivity contribution in [2.75, 3.05) is 0 Å². The lowest BCUT2D eigenvalue weighted by Crippen LogP contribution is -2.52. The molecular formula is C9H8O5. The Morgan fingerprint density at radius 3 is 2.07 bits per heavy atom. The predicted molar refractivity (Wildman–Crippen MR) is 44.1 cm³/mol. The third-order valence-corrected chi connectivity index (χ3v) is 2.35. The van der Waals surface area contributed by atoms with Gasteiger partial charge in [-0.25, -0.2) is 0 Å². The highest BCUT2D eigenvalue weighted by Crippen LogP contribution is 2.40. The topological polar surface area (TPSA) is 98.0 Å². The molecule has 5 nitrogen and oxygen atoms in total. The maximum Gasteiger partial charge on any atom is 0.289 e. The zero-order valence-corrected chi connectivity index (χ0v) is 7.01. The molecule has 5 heteroatoms. The van der Waals surface area contributed by atoms with E-state index < -0.39 is 17.4 Å². The van der Waals surface area contributed by atoms with Crippen LogP contribution in [-0.2, 0) is 5.79 Å². The SMILES string of the molecule is O=C1c2ccccc2C(O)(O)C1(O)O. The predicted octanol–water partition coefficient (Wildman–Crippen LogP) is -1.30. The van der Waals surface area contributed by atoms with Crippen molar-refractivity contribution in [2.45, 2.75) is 11.6 Å². The van der Waals surface area contributed by atoms with Gasteiger partial charge in [-0.15, -0.1) is 0 Å². The average molecular weight is 196 g/mol. The number of carbonyl (C=O) groups is 1. The summed E-state index contributed by atoms with van der Waals surface area (Å²) in [6.07, 6.45) is 0. The summed E-state index contributed by atoms with van der Waals surface area (Å²) in [6, 6.07) is 5.51. The monoisotopic (exact) mass is 196 g/mol. The van der Waals surface area contributed by atoms with Gasteiger partial charge in [0.2, 0.25) is 5.78 Å². The second kappa shape index (κ2) is 2.40. The van der Waals surface area contributed by atoms with E-state index in [1.54, 1.807) is 0 Å². The van der Waals surface area contributed by atoms with Crippen LogP contribution in [0.25, 0.3) is 0 Å². The number of ketones is 1. The van der Waals surface area contributed by atoms with Gasteiger partial charge in [-0.05, 0) is 0 Å². The summed E-state index contributed by atoms with van der Waals surface area (Å²) in [6.45, 7) is 0. The first kappa shape index (κ1) is 9.29. The van der Waals surface area contributed by atoms with E-state index in [1.165, 1.54) is 24.3 Å². The highest BCUT2D eigenvalue weighted by molar-refractivity contribution is 6.06. The molecule has 0 amide bonds. The van der Waals surface area contributed by atoms with Gasteiger partial charge in [0.15, 0.2) is 0 Å². The third-order valence-electron chi connectivity index (χ3n) is 2.35. The molecule has 0 atom stereocenters. The first-order chi connectivity index (χ1) is 6.39. The van der Waals surface area contributed by atoms with Crippen LogP contribution in [-0.4, -0.2) is 32.0 Å². The van der Waals surface area contributed by atoms with Crippen molar-refractivity contribution in [3.8, 4) is 0 Å². The molecule has 0 heterocycles. The van der Waals surface area contributed by atoms with Crippen LogP contribution in [0.2, 0.25) is 0 Å². The molecule has 0 saturated carbocycles.